The average Bonchev–Trinajstić information content (AvgIpc) is 3.30. The summed E-state index contributed by atoms with van der Waals surface area (Å²) in [6, 6.07) is 8.82. The highest BCUT2D eigenvalue weighted by atomic mass is 32.2. The molecule has 0 radical (unpaired) electrons. The summed E-state index contributed by atoms with van der Waals surface area (Å²) in [5.74, 6) is -1.33. The van der Waals surface area contributed by atoms with Crippen molar-refractivity contribution in [2.45, 2.75) is 10.9 Å². The van der Waals surface area contributed by atoms with E-state index in [1.807, 2.05) is 0 Å². The van der Waals surface area contributed by atoms with Gasteiger partial charge in [-0.1, -0.05) is 30.3 Å². The summed E-state index contributed by atoms with van der Waals surface area (Å²) >= 11 is 0.933. The molecule has 9 nitrogen and oxygen atoms in total. The van der Waals surface area contributed by atoms with Crippen LogP contribution in [0.15, 0.2) is 46.7 Å². The van der Waals surface area contributed by atoms with Crippen molar-refractivity contribution in [1.82, 2.24) is 9.62 Å². The number of cyclic esters (lactones) is 1. The molecular formula is C17H16N2O7S2. The van der Waals surface area contributed by atoms with Crippen molar-refractivity contribution in [3.8, 4) is 0 Å². The SMILES string of the molecule is COC(=O)c1sccc1S(=O)(=O)N[C@@H](CN1C(=O)COC1=O)c1ccccc1. The zero-order valence-corrected chi connectivity index (χ0v) is 16.3. The van der Waals surface area contributed by atoms with Gasteiger partial charge in [0, 0.05) is 0 Å². The number of sulfonamides is 1. The molecule has 1 aliphatic rings. The maximum absolute atomic E-state index is 12.9. The smallest absolute Gasteiger partial charge is 0.417 e. The third kappa shape index (κ3) is 4.06. The molecule has 2 amide bonds. The zero-order valence-electron chi connectivity index (χ0n) is 14.7. The average molecular weight is 424 g/mol. The summed E-state index contributed by atoms with van der Waals surface area (Å²) in [6.07, 6.45) is -0.837. The van der Waals surface area contributed by atoms with Gasteiger partial charge in [-0.05, 0) is 17.0 Å². The molecule has 1 atom stereocenters. The number of rotatable bonds is 7. The summed E-state index contributed by atoms with van der Waals surface area (Å²) in [5, 5.41) is 1.46. The molecule has 1 aromatic carbocycles. The molecule has 1 saturated heterocycles. The lowest BCUT2D eigenvalue weighted by molar-refractivity contribution is -0.126. The van der Waals surface area contributed by atoms with Gasteiger partial charge in [0.1, 0.15) is 9.77 Å². The minimum absolute atomic E-state index is 0.0709. The van der Waals surface area contributed by atoms with Crippen molar-refractivity contribution in [3.63, 3.8) is 0 Å². The number of hydrogen-bond donors (Lipinski definition) is 1. The van der Waals surface area contributed by atoms with E-state index in [1.54, 1.807) is 30.3 Å². The van der Waals surface area contributed by atoms with Crippen LogP contribution in [0.2, 0.25) is 0 Å². The number of nitrogens with one attached hydrogen (secondary N) is 1. The Morgan fingerprint density at radius 3 is 2.61 bits per heavy atom. The number of carbonyl (C=O) groups is 3. The fourth-order valence-electron chi connectivity index (χ4n) is 2.64. The topological polar surface area (TPSA) is 119 Å². The van der Waals surface area contributed by atoms with Crippen LogP contribution in [0.1, 0.15) is 21.3 Å². The van der Waals surface area contributed by atoms with Crippen molar-refractivity contribution < 1.29 is 32.3 Å². The van der Waals surface area contributed by atoms with E-state index in [2.05, 4.69) is 14.2 Å². The Morgan fingerprint density at radius 1 is 1.29 bits per heavy atom. The monoisotopic (exact) mass is 424 g/mol. The Hall–Kier alpha value is -2.76. The number of carbonyl (C=O) groups excluding carboxylic acids is 3. The fourth-order valence-corrected chi connectivity index (χ4v) is 5.19. The molecule has 0 aliphatic carbocycles. The molecule has 0 bridgehead atoms. The minimum atomic E-state index is -4.16. The quantitative estimate of drug-likeness (QED) is 0.670. The van der Waals surface area contributed by atoms with E-state index < -0.39 is 34.0 Å². The summed E-state index contributed by atoms with van der Waals surface area (Å²) in [7, 11) is -3.00. The number of imide groups is 1. The zero-order chi connectivity index (χ0) is 20.3. The number of esters is 1. The molecule has 28 heavy (non-hydrogen) atoms. The summed E-state index contributed by atoms with van der Waals surface area (Å²) in [6.45, 7) is -0.636. The van der Waals surface area contributed by atoms with Crippen LogP contribution in [-0.2, 0) is 24.3 Å². The van der Waals surface area contributed by atoms with Crippen LogP contribution in [0.25, 0.3) is 0 Å². The van der Waals surface area contributed by atoms with Crippen LogP contribution in [0.5, 0.6) is 0 Å². The fraction of sp³-hybridized carbons (Fsp3) is 0.235. The number of benzene rings is 1. The van der Waals surface area contributed by atoms with E-state index in [0.29, 0.717) is 5.56 Å². The van der Waals surface area contributed by atoms with Crippen molar-refractivity contribution in [1.29, 1.82) is 0 Å². The Kier molecular flexibility index (Phi) is 5.77. The first kappa shape index (κ1) is 20.0. The molecule has 1 N–H and O–H groups in total. The van der Waals surface area contributed by atoms with E-state index in [-0.39, 0.29) is 22.9 Å². The molecule has 0 saturated carbocycles. The Morgan fingerprint density at radius 2 is 2.00 bits per heavy atom. The molecule has 11 heteroatoms. The normalized spacial score (nSPS) is 15.4. The van der Waals surface area contributed by atoms with Gasteiger partial charge in [0.15, 0.2) is 6.61 Å². The highest BCUT2D eigenvalue weighted by molar-refractivity contribution is 7.89. The van der Waals surface area contributed by atoms with Crippen molar-refractivity contribution >= 4 is 39.3 Å². The van der Waals surface area contributed by atoms with Gasteiger partial charge in [0.25, 0.3) is 5.91 Å². The molecule has 1 fully saturated rings. The van der Waals surface area contributed by atoms with Crippen LogP contribution >= 0.6 is 11.3 Å². The third-order valence-corrected chi connectivity index (χ3v) is 6.53. The molecule has 3 rings (SSSR count). The minimum Gasteiger partial charge on any atom is -0.465 e. The first-order valence-electron chi connectivity index (χ1n) is 8.03. The van der Waals surface area contributed by atoms with Gasteiger partial charge in [-0.3, -0.25) is 4.79 Å². The van der Waals surface area contributed by atoms with Crippen LogP contribution in [0.3, 0.4) is 0 Å². The largest absolute Gasteiger partial charge is 0.465 e. The molecule has 2 aromatic rings. The molecule has 1 aliphatic heterocycles. The molecule has 1 aromatic heterocycles. The van der Waals surface area contributed by atoms with Crippen molar-refractivity contribution in [2.75, 3.05) is 20.3 Å². The lowest BCUT2D eigenvalue weighted by atomic mass is 10.1. The van der Waals surface area contributed by atoms with Crippen LogP contribution in [0.4, 0.5) is 4.79 Å². The molecule has 2 heterocycles. The number of amides is 2. The number of nitrogens with zero attached hydrogens (tertiary/aromatic N) is 1. The van der Waals surface area contributed by atoms with E-state index in [9.17, 15) is 22.8 Å². The lowest BCUT2D eigenvalue weighted by Gasteiger charge is -2.22. The first-order chi connectivity index (χ1) is 13.3. The van der Waals surface area contributed by atoms with E-state index in [0.717, 1.165) is 23.3 Å². The highest BCUT2D eigenvalue weighted by Crippen LogP contribution is 2.26. The molecular weight excluding hydrogens is 408 g/mol. The number of hydrogen-bond acceptors (Lipinski definition) is 8. The summed E-state index contributed by atoms with van der Waals surface area (Å²) in [5.41, 5.74) is 0.536. The van der Waals surface area contributed by atoms with Crippen molar-refractivity contribution in [2.24, 2.45) is 0 Å². The van der Waals surface area contributed by atoms with Gasteiger partial charge in [-0.15, -0.1) is 11.3 Å². The van der Waals surface area contributed by atoms with Gasteiger partial charge in [0.2, 0.25) is 10.0 Å². The first-order valence-corrected chi connectivity index (χ1v) is 10.4. The second-order valence-electron chi connectivity index (χ2n) is 5.75. The second kappa shape index (κ2) is 8.09. The molecule has 0 spiro atoms. The highest BCUT2D eigenvalue weighted by Gasteiger charge is 2.35. The standard InChI is InChI=1S/C17H16N2O7S2/c1-25-16(21)15-13(7-8-27-15)28(23,24)18-12(11-5-3-2-4-6-11)9-19-14(20)10-26-17(19)22/h2-8,12,18H,9-10H2,1H3/t12-/m0/s1. The predicted molar refractivity (Wildman–Crippen MR) is 98.2 cm³/mol. The maximum atomic E-state index is 12.9. The number of thiophene rings is 1. The van der Waals surface area contributed by atoms with Crippen LogP contribution in [0, 0.1) is 0 Å². The second-order valence-corrected chi connectivity index (χ2v) is 8.35. The van der Waals surface area contributed by atoms with Crippen LogP contribution in [-0.4, -0.2) is 51.5 Å². The van der Waals surface area contributed by atoms with Gasteiger partial charge in [0.05, 0.1) is 19.7 Å². The lowest BCUT2D eigenvalue weighted by Crippen LogP contribution is -2.40. The molecule has 0 unspecified atom stereocenters. The van der Waals surface area contributed by atoms with Gasteiger partial charge >= 0.3 is 12.1 Å². The third-order valence-electron chi connectivity index (χ3n) is 3.99. The van der Waals surface area contributed by atoms with Crippen LogP contribution < -0.4 is 4.72 Å². The Balaban J connectivity index is 1.93. The number of ether oxygens (including phenoxy) is 2. The van der Waals surface area contributed by atoms with E-state index in [4.69, 9.17) is 0 Å². The summed E-state index contributed by atoms with van der Waals surface area (Å²) < 4.78 is 37.6. The maximum Gasteiger partial charge on any atom is 0.417 e. The summed E-state index contributed by atoms with van der Waals surface area (Å²) in [4.78, 5) is 36.0. The predicted octanol–water partition coefficient (Wildman–Crippen LogP) is 1.53. The Bertz CT molecular complexity index is 986. The Labute approximate surface area is 164 Å². The van der Waals surface area contributed by atoms with E-state index in [1.165, 1.54) is 11.4 Å². The number of methoxy groups -OCH3 is 1. The van der Waals surface area contributed by atoms with Gasteiger partial charge < -0.3 is 9.47 Å². The van der Waals surface area contributed by atoms with E-state index >= 15 is 0 Å². The molecule has 148 valence electrons. The van der Waals surface area contributed by atoms with Gasteiger partial charge in [-0.2, -0.15) is 0 Å². The van der Waals surface area contributed by atoms with Gasteiger partial charge in [-0.25, -0.2) is 27.6 Å². The van der Waals surface area contributed by atoms with Crippen molar-refractivity contribution in [3.05, 3.63) is 52.2 Å².